The lowest BCUT2D eigenvalue weighted by Gasteiger charge is -1.99. The Morgan fingerprint density at radius 1 is 1.00 bits per heavy atom. The molecule has 0 aliphatic carbocycles. The number of ether oxygens (including phenoxy) is 1. The highest BCUT2D eigenvalue weighted by atomic mass is 16.5. The van der Waals surface area contributed by atoms with Gasteiger partial charge in [0.05, 0.1) is 13.2 Å². The third-order valence-electron chi connectivity index (χ3n) is 1.27. The lowest BCUT2D eigenvalue weighted by molar-refractivity contribution is -0.139. The molecule has 62 valence electrons. The van der Waals surface area contributed by atoms with Crippen LogP contribution in [0, 0.1) is 0 Å². The van der Waals surface area contributed by atoms with E-state index in [2.05, 4.69) is 10.6 Å². The van der Waals surface area contributed by atoms with Crippen molar-refractivity contribution in [2.24, 2.45) is 0 Å². The number of hydrogen-bond donors (Lipinski definition) is 2. The summed E-state index contributed by atoms with van der Waals surface area (Å²) in [5, 5.41) is 4.80. The Morgan fingerprint density at radius 3 is 1.91 bits per heavy atom. The summed E-state index contributed by atoms with van der Waals surface area (Å²) in [4.78, 5) is 21.5. The minimum Gasteiger partial charge on any atom is -0.378 e. The molecule has 1 fully saturated rings. The first-order chi connectivity index (χ1) is 5.30. The number of rotatable bonds is 0. The van der Waals surface area contributed by atoms with Crippen molar-refractivity contribution in [3.63, 3.8) is 0 Å². The molecular weight excluding hydrogens is 148 g/mol. The zero-order valence-corrected chi connectivity index (χ0v) is 6.05. The third kappa shape index (κ3) is 2.55. The molecule has 2 N–H and O–H groups in total. The Balaban J connectivity index is 2.42. The van der Waals surface area contributed by atoms with E-state index in [4.69, 9.17) is 4.74 Å². The molecule has 5 heteroatoms. The van der Waals surface area contributed by atoms with Crippen LogP contribution in [0.5, 0.6) is 0 Å². The Hall–Kier alpha value is -1.10. The van der Waals surface area contributed by atoms with Gasteiger partial charge in [0.2, 0.25) is 0 Å². The van der Waals surface area contributed by atoms with Gasteiger partial charge in [-0.1, -0.05) is 0 Å². The molecule has 1 aliphatic rings. The molecule has 11 heavy (non-hydrogen) atoms. The summed E-state index contributed by atoms with van der Waals surface area (Å²) in [7, 11) is 0. The zero-order valence-electron chi connectivity index (χ0n) is 6.05. The molecule has 5 nitrogen and oxygen atoms in total. The first kappa shape index (κ1) is 8.00. The molecule has 0 aromatic rings. The van der Waals surface area contributed by atoms with Crippen LogP contribution >= 0.6 is 0 Å². The van der Waals surface area contributed by atoms with E-state index in [1.165, 1.54) is 0 Å². The van der Waals surface area contributed by atoms with Crippen molar-refractivity contribution in [3.8, 4) is 0 Å². The molecule has 1 heterocycles. The molecule has 0 unspecified atom stereocenters. The fraction of sp³-hybridized carbons (Fsp3) is 0.667. The van der Waals surface area contributed by atoms with E-state index in [0.717, 1.165) is 0 Å². The van der Waals surface area contributed by atoms with E-state index in [0.29, 0.717) is 26.3 Å². The molecule has 0 saturated carbocycles. The molecule has 0 spiro atoms. The molecule has 0 bridgehead atoms. The summed E-state index contributed by atoms with van der Waals surface area (Å²) in [6.45, 7) is 1.71. The first-order valence-electron chi connectivity index (χ1n) is 3.44. The SMILES string of the molecule is O=C1NCCOCCNC1=O. The standard InChI is InChI=1S/C6H10N2O3/c9-5-6(10)8-2-4-11-3-1-7-5/h1-4H2,(H,7,9)(H,8,10). The lowest BCUT2D eigenvalue weighted by atomic mass is 10.5. The predicted octanol–water partition coefficient (Wildman–Crippen LogP) is -1.75. The topological polar surface area (TPSA) is 67.4 Å². The van der Waals surface area contributed by atoms with E-state index >= 15 is 0 Å². The smallest absolute Gasteiger partial charge is 0.309 e. The van der Waals surface area contributed by atoms with Gasteiger partial charge < -0.3 is 15.4 Å². The Morgan fingerprint density at radius 2 is 1.45 bits per heavy atom. The minimum absolute atomic E-state index is 0.395. The fourth-order valence-corrected chi connectivity index (χ4v) is 0.736. The summed E-state index contributed by atoms with van der Waals surface area (Å²) >= 11 is 0. The van der Waals surface area contributed by atoms with Crippen LogP contribution in [0.15, 0.2) is 0 Å². The van der Waals surface area contributed by atoms with Gasteiger partial charge in [-0.3, -0.25) is 9.59 Å². The van der Waals surface area contributed by atoms with Gasteiger partial charge in [-0.25, -0.2) is 0 Å². The van der Waals surface area contributed by atoms with Crippen molar-refractivity contribution in [3.05, 3.63) is 0 Å². The van der Waals surface area contributed by atoms with Crippen LogP contribution in [0.2, 0.25) is 0 Å². The van der Waals surface area contributed by atoms with Gasteiger partial charge in [-0.2, -0.15) is 0 Å². The molecule has 0 radical (unpaired) electrons. The van der Waals surface area contributed by atoms with E-state index in [1.54, 1.807) is 0 Å². The lowest BCUT2D eigenvalue weighted by Crippen LogP contribution is -2.40. The summed E-state index contributed by atoms with van der Waals surface area (Å²) in [5.41, 5.74) is 0. The maximum absolute atomic E-state index is 10.7. The van der Waals surface area contributed by atoms with Crippen LogP contribution in [0.3, 0.4) is 0 Å². The zero-order chi connectivity index (χ0) is 8.10. The second-order valence-corrected chi connectivity index (χ2v) is 2.12. The number of carbonyl (C=O) groups is 2. The van der Waals surface area contributed by atoms with Crippen LogP contribution in [-0.2, 0) is 14.3 Å². The van der Waals surface area contributed by atoms with Crippen LogP contribution in [0.4, 0.5) is 0 Å². The highest BCUT2D eigenvalue weighted by molar-refractivity contribution is 6.35. The average molecular weight is 158 g/mol. The molecule has 2 amide bonds. The molecule has 1 saturated heterocycles. The van der Waals surface area contributed by atoms with E-state index in [-0.39, 0.29) is 0 Å². The van der Waals surface area contributed by atoms with E-state index in [1.807, 2.05) is 0 Å². The normalized spacial score (nSPS) is 20.7. The summed E-state index contributed by atoms with van der Waals surface area (Å²) in [6.07, 6.45) is 0. The van der Waals surface area contributed by atoms with Crippen LogP contribution in [0.1, 0.15) is 0 Å². The molecular formula is C6H10N2O3. The molecule has 1 aliphatic heterocycles. The van der Waals surface area contributed by atoms with Crippen molar-refractivity contribution < 1.29 is 14.3 Å². The Bertz CT molecular complexity index is 151. The summed E-state index contributed by atoms with van der Waals surface area (Å²) < 4.78 is 5.02. The number of carbonyl (C=O) groups excluding carboxylic acids is 2. The first-order valence-corrected chi connectivity index (χ1v) is 3.44. The van der Waals surface area contributed by atoms with Gasteiger partial charge in [0.25, 0.3) is 0 Å². The van der Waals surface area contributed by atoms with Crippen molar-refractivity contribution in [1.29, 1.82) is 0 Å². The van der Waals surface area contributed by atoms with Crippen LogP contribution in [0.25, 0.3) is 0 Å². The van der Waals surface area contributed by atoms with E-state index in [9.17, 15) is 9.59 Å². The van der Waals surface area contributed by atoms with Crippen molar-refractivity contribution in [2.75, 3.05) is 26.3 Å². The van der Waals surface area contributed by atoms with Crippen molar-refractivity contribution in [1.82, 2.24) is 10.6 Å². The number of hydrogen-bond acceptors (Lipinski definition) is 3. The van der Waals surface area contributed by atoms with E-state index < -0.39 is 11.8 Å². The maximum Gasteiger partial charge on any atom is 0.309 e. The fourth-order valence-electron chi connectivity index (χ4n) is 0.736. The van der Waals surface area contributed by atoms with Crippen LogP contribution in [-0.4, -0.2) is 38.1 Å². The minimum atomic E-state index is -0.587. The monoisotopic (exact) mass is 158 g/mol. The van der Waals surface area contributed by atoms with Gasteiger partial charge in [-0.05, 0) is 0 Å². The molecule has 1 rings (SSSR count). The third-order valence-corrected chi connectivity index (χ3v) is 1.27. The average Bonchev–Trinajstić information content (AvgIpc) is 2.07. The van der Waals surface area contributed by atoms with Crippen molar-refractivity contribution in [2.45, 2.75) is 0 Å². The predicted molar refractivity (Wildman–Crippen MR) is 36.8 cm³/mol. The molecule has 0 atom stereocenters. The van der Waals surface area contributed by atoms with Gasteiger partial charge in [0.15, 0.2) is 0 Å². The number of nitrogens with one attached hydrogen (secondary N) is 2. The van der Waals surface area contributed by atoms with Crippen molar-refractivity contribution >= 4 is 11.8 Å². The second-order valence-electron chi connectivity index (χ2n) is 2.12. The van der Waals surface area contributed by atoms with Crippen LogP contribution < -0.4 is 10.6 Å². The quantitative estimate of drug-likeness (QED) is 0.411. The Kier molecular flexibility index (Phi) is 2.85. The summed E-state index contributed by atoms with van der Waals surface area (Å²) in [6, 6.07) is 0. The Labute approximate surface area is 64.1 Å². The van der Waals surface area contributed by atoms with Gasteiger partial charge in [0, 0.05) is 13.1 Å². The highest BCUT2D eigenvalue weighted by Crippen LogP contribution is 1.77. The van der Waals surface area contributed by atoms with Gasteiger partial charge in [0.1, 0.15) is 0 Å². The van der Waals surface area contributed by atoms with Gasteiger partial charge >= 0.3 is 11.8 Å². The second kappa shape index (κ2) is 3.92. The highest BCUT2D eigenvalue weighted by Gasteiger charge is 2.12. The number of amides is 2. The summed E-state index contributed by atoms with van der Waals surface area (Å²) in [5.74, 6) is -1.17. The largest absolute Gasteiger partial charge is 0.378 e. The van der Waals surface area contributed by atoms with Gasteiger partial charge in [-0.15, -0.1) is 0 Å². The molecule has 0 aromatic carbocycles. The molecule has 0 aromatic heterocycles. The maximum atomic E-state index is 10.7.